The molecule has 0 aliphatic rings. The Labute approximate surface area is 102 Å². The predicted molar refractivity (Wildman–Crippen MR) is 66.7 cm³/mol. The smallest absolute Gasteiger partial charge is 0.131 e. The molecular formula is C12H20N2O3. The van der Waals surface area contributed by atoms with Gasteiger partial charge in [-0.3, -0.25) is 0 Å². The van der Waals surface area contributed by atoms with Gasteiger partial charge in [0, 0.05) is 18.2 Å². The second-order valence-electron chi connectivity index (χ2n) is 3.63. The van der Waals surface area contributed by atoms with Crippen molar-refractivity contribution >= 4 is 0 Å². The summed E-state index contributed by atoms with van der Waals surface area (Å²) in [6.45, 7) is 0.513. The average Bonchev–Trinajstić information content (AvgIpc) is 2.37. The summed E-state index contributed by atoms with van der Waals surface area (Å²) in [5.74, 6) is 1.98. The predicted octanol–water partition coefficient (Wildman–Crippen LogP) is 1.06. The summed E-state index contributed by atoms with van der Waals surface area (Å²) in [4.78, 5) is 0. The number of ether oxygens (including phenoxy) is 3. The lowest BCUT2D eigenvalue weighted by Gasteiger charge is -2.19. The standard InChI is InChI=1S/C12H20N2O3/c1-15-8-6-10(16-2)12(9(14)4-5-13)11(7-8)17-3/h6-7,9H,4-5,13-14H2,1-3H3. The Balaban J connectivity index is 3.23. The third-order valence-electron chi connectivity index (χ3n) is 2.60. The molecule has 0 fully saturated rings. The molecule has 96 valence electrons. The highest BCUT2D eigenvalue weighted by molar-refractivity contribution is 5.52. The number of hydrogen-bond donors (Lipinski definition) is 2. The maximum absolute atomic E-state index is 6.07. The molecule has 0 amide bonds. The van der Waals surface area contributed by atoms with Crippen molar-refractivity contribution in [1.82, 2.24) is 0 Å². The van der Waals surface area contributed by atoms with Crippen molar-refractivity contribution in [2.75, 3.05) is 27.9 Å². The molecule has 0 spiro atoms. The van der Waals surface area contributed by atoms with Gasteiger partial charge >= 0.3 is 0 Å². The van der Waals surface area contributed by atoms with Gasteiger partial charge in [-0.25, -0.2) is 0 Å². The number of hydrogen-bond acceptors (Lipinski definition) is 5. The molecule has 1 atom stereocenters. The Hall–Kier alpha value is -1.46. The molecule has 0 bridgehead atoms. The first-order valence-corrected chi connectivity index (χ1v) is 5.43. The minimum atomic E-state index is -0.212. The number of methoxy groups -OCH3 is 3. The summed E-state index contributed by atoms with van der Waals surface area (Å²) in [5.41, 5.74) is 12.4. The van der Waals surface area contributed by atoms with Crippen LogP contribution < -0.4 is 25.7 Å². The van der Waals surface area contributed by atoms with E-state index in [1.807, 2.05) is 0 Å². The van der Waals surface area contributed by atoms with Gasteiger partial charge in [-0.1, -0.05) is 0 Å². The van der Waals surface area contributed by atoms with Gasteiger partial charge in [0.15, 0.2) is 0 Å². The molecule has 5 heteroatoms. The van der Waals surface area contributed by atoms with Gasteiger partial charge in [0.1, 0.15) is 17.2 Å². The highest BCUT2D eigenvalue weighted by Gasteiger charge is 2.18. The maximum Gasteiger partial charge on any atom is 0.131 e. The first-order valence-electron chi connectivity index (χ1n) is 5.43. The third-order valence-corrected chi connectivity index (χ3v) is 2.60. The largest absolute Gasteiger partial charge is 0.496 e. The van der Waals surface area contributed by atoms with Gasteiger partial charge in [0.2, 0.25) is 0 Å². The molecule has 0 saturated carbocycles. The van der Waals surface area contributed by atoms with Crippen LogP contribution in [0.1, 0.15) is 18.0 Å². The highest BCUT2D eigenvalue weighted by atomic mass is 16.5. The monoisotopic (exact) mass is 240 g/mol. The van der Waals surface area contributed by atoms with E-state index in [2.05, 4.69) is 0 Å². The fourth-order valence-corrected chi connectivity index (χ4v) is 1.72. The number of nitrogens with two attached hydrogens (primary N) is 2. The molecule has 0 radical (unpaired) electrons. The van der Waals surface area contributed by atoms with Crippen LogP contribution >= 0.6 is 0 Å². The maximum atomic E-state index is 6.07. The van der Waals surface area contributed by atoms with Crippen molar-refractivity contribution in [3.63, 3.8) is 0 Å². The first-order chi connectivity index (χ1) is 8.17. The van der Waals surface area contributed by atoms with Crippen LogP contribution in [0, 0.1) is 0 Å². The van der Waals surface area contributed by atoms with E-state index >= 15 is 0 Å². The molecule has 0 aromatic heterocycles. The van der Waals surface area contributed by atoms with E-state index < -0.39 is 0 Å². The van der Waals surface area contributed by atoms with E-state index in [1.165, 1.54) is 0 Å². The Kier molecular flexibility index (Phi) is 5.06. The van der Waals surface area contributed by atoms with E-state index in [1.54, 1.807) is 33.5 Å². The fourth-order valence-electron chi connectivity index (χ4n) is 1.72. The second kappa shape index (κ2) is 6.32. The van der Waals surface area contributed by atoms with E-state index in [-0.39, 0.29) is 6.04 Å². The lowest BCUT2D eigenvalue weighted by Crippen LogP contribution is -2.17. The van der Waals surface area contributed by atoms with Crippen LogP contribution in [0.3, 0.4) is 0 Å². The Bertz CT molecular complexity index is 344. The van der Waals surface area contributed by atoms with Crippen LogP contribution in [0.2, 0.25) is 0 Å². The summed E-state index contributed by atoms with van der Waals surface area (Å²) >= 11 is 0. The zero-order valence-corrected chi connectivity index (χ0v) is 10.5. The minimum absolute atomic E-state index is 0.212. The Morgan fingerprint density at radius 1 is 1.06 bits per heavy atom. The van der Waals surface area contributed by atoms with E-state index in [9.17, 15) is 0 Å². The van der Waals surface area contributed by atoms with Crippen LogP contribution in [-0.2, 0) is 0 Å². The Morgan fingerprint density at radius 3 is 1.94 bits per heavy atom. The number of benzene rings is 1. The molecule has 0 saturated heterocycles. The lowest BCUT2D eigenvalue weighted by atomic mass is 10.0. The van der Waals surface area contributed by atoms with E-state index in [4.69, 9.17) is 25.7 Å². The van der Waals surface area contributed by atoms with Crippen LogP contribution in [0.5, 0.6) is 17.2 Å². The molecule has 0 aliphatic carbocycles. The topological polar surface area (TPSA) is 79.7 Å². The zero-order valence-electron chi connectivity index (χ0n) is 10.5. The molecule has 4 N–H and O–H groups in total. The van der Waals surface area contributed by atoms with Crippen molar-refractivity contribution in [2.24, 2.45) is 11.5 Å². The quantitative estimate of drug-likeness (QED) is 0.777. The van der Waals surface area contributed by atoms with E-state index in [0.717, 1.165) is 5.56 Å². The molecule has 5 nitrogen and oxygen atoms in total. The third kappa shape index (κ3) is 3.01. The molecule has 17 heavy (non-hydrogen) atoms. The van der Waals surface area contributed by atoms with Crippen molar-refractivity contribution in [3.8, 4) is 17.2 Å². The van der Waals surface area contributed by atoms with Gasteiger partial charge in [0.25, 0.3) is 0 Å². The van der Waals surface area contributed by atoms with Crippen molar-refractivity contribution in [3.05, 3.63) is 17.7 Å². The van der Waals surface area contributed by atoms with Crippen LogP contribution in [-0.4, -0.2) is 27.9 Å². The molecule has 1 aromatic rings. The molecular weight excluding hydrogens is 220 g/mol. The summed E-state index contributed by atoms with van der Waals surface area (Å²) in [6, 6.07) is 3.36. The lowest BCUT2D eigenvalue weighted by molar-refractivity contribution is 0.363. The van der Waals surface area contributed by atoms with Gasteiger partial charge in [-0.05, 0) is 13.0 Å². The fraction of sp³-hybridized carbons (Fsp3) is 0.500. The molecule has 1 aromatic carbocycles. The summed E-state index contributed by atoms with van der Waals surface area (Å²) < 4.78 is 15.8. The minimum Gasteiger partial charge on any atom is -0.496 e. The zero-order chi connectivity index (χ0) is 12.8. The van der Waals surface area contributed by atoms with Crippen LogP contribution in [0.4, 0.5) is 0 Å². The SMILES string of the molecule is COc1cc(OC)c(C(N)CCN)c(OC)c1. The second-order valence-corrected chi connectivity index (χ2v) is 3.63. The highest BCUT2D eigenvalue weighted by Crippen LogP contribution is 2.38. The summed E-state index contributed by atoms with van der Waals surface area (Å²) in [7, 11) is 4.77. The molecule has 0 aliphatic heterocycles. The molecule has 1 unspecified atom stereocenters. The summed E-state index contributed by atoms with van der Waals surface area (Å²) in [5, 5.41) is 0. The molecule has 0 heterocycles. The average molecular weight is 240 g/mol. The van der Waals surface area contributed by atoms with Crippen molar-refractivity contribution in [2.45, 2.75) is 12.5 Å². The van der Waals surface area contributed by atoms with Gasteiger partial charge in [-0.15, -0.1) is 0 Å². The number of rotatable bonds is 6. The van der Waals surface area contributed by atoms with Crippen molar-refractivity contribution < 1.29 is 14.2 Å². The molecule has 1 rings (SSSR count). The van der Waals surface area contributed by atoms with Gasteiger partial charge in [-0.2, -0.15) is 0 Å². The Morgan fingerprint density at radius 2 is 1.59 bits per heavy atom. The van der Waals surface area contributed by atoms with Crippen LogP contribution in [0.25, 0.3) is 0 Å². The van der Waals surface area contributed by atoms with Crippen LogP contribution in [0.15, 0.2) is 12.1 Å². The van der Waals surface area contributed by atoms with Gasteiger partial charge < -0.3 is 25.7 Å². The van der Waals surface area contributed by atoms with E-state index in [0.29, 0.717) is 30.2 Å². The van der Waals surface area contributed by atoms with Gasteiger partial charge in [0.05, 0.1) is 26.9 Å². The summed E-state index contributed by atoms with van der Waals surface area (Å²) in [6.07, 6.45) is 0.666. The van der Waals surface area contributed by atoms with Crippen molar-refractivity contribution in [1.29, 1.82) is 0 Å². The first kappa shape index (κ1) is 13.6. The normalized spacial score (nSPS) is 12.1.